The number of aromatic nitrogens is 2. The van der Waals surface area contributed by atoms with Crippen LogP contribution in [0.5, 0.6) is 0 Å². The van der Waals surface area contributed by atoms with Crippen LogP contribution in [-0.4, -0.2) is 50.1 Å². The minimum atomic E-state index is -2.26. The molecule has 27 heavy (non-hydrogen) atoms. The van der Waals surface area contributed by atoms with E-state index in [1.807, 2.05) is 4.98 Å². The van der Waals surface area contributed by atoms with Crippen LogP contribution in [0.3, 0.4) is 0 Å². The SMILES string of the molecule is C#C[C@@]1(O)[C@H](OC(=O)c2ccccc2)[C@@H](CO)O[C@H]1n1ccc(=O)[nH]c1=O. The number of aliphatic hydroxyl groups is 2. The second-order valence-electron chi connectivity index (χ2n) is 5.89. The van der Waals surface area contributed by atoms with Gasteiger partial charge in [-0.15, -0.1) is 6.42 Å². The molecule has 0 unspecified atom stereocenters. The average Bonchev–Trinajstić information content (AvgIpc) is 2.95. The van der Waals surface area contributed by atoms with E-state index in [0.29, 0.717) is 0 Å². The molecule has 0 saturated carbocycles. The lowest BCUT2D eigenvalue weighted by atomic mass is 9.94. The summed E-state index contributed by atoms with van der Waals surface area (Å²) in [6.07, 6.45) is 2.41. The highest BCUT2D eigenvalue weighted by Crippen LogP contribution is 2.39. The number of esters is 1. The van der Waals surface area contributed by atoms with Gasteiger partial charge in [-0.1, -0.05) is 24.1 Å². The summed E-state index contributed by atoms with van der Waals surface area (Å²) in [5.41, 5.74) is -3.59. The number of aromatic amines is 1. The van der Waals surface area contributed by atoms with E-state index in [9.17, 15) is 24.6 Å². The van der Waals surface area contributed by atoms with Crippen LogP contribution in [0.25, 0.3) is 0 Å². The van der Waals surface area contributed by atoms with Gasteiger partial charge in [0.25, 0.3) is 5.56 Å². The molecule has 1 saturated heterocycles. The zero-order valence-corrected chi connectivity index (χ0v) is 13.9. The summed E-state index contributed by atoms with van der Waals surface area (Å²) in [5.74, 6) is 1.31. The van der Waals surface area contributed by atoms with Crippen LogP contribution in [0.1, 0.15) is 16.6 Å². The quantitative estimate of drug-likeness (QED) is 0.464. The second kappa shape index (κ2) is 7.20. The van der Waals surface area contributed by atoms with Crippen molar-refractivity contribution in [2.24, 2.45) is 0 Å². The lowest BCUT2D eigenvalue weighted by molar-refractivity contribution is -0.0776. The summed E-state index contributed by atoms with van der Waals surface area (Å²) in [4.78, 5) is 37.7. The molecule has 2 aromatic rings. The number of ether oxygens (including phenoxy) is 2. The molecule has 0 aliphatic carbocycles. The molecule has 0 bridgehead atoms. The first-order chi connectivity index (χ1) is 12.9. The predicted octanol–water partition coefficient (Wildman–Crippen LogP) is -0.984. The molecule has 1 aliphatic rings. The smallest absolute Gasteiger partial charge is 0.338 e. The maximum Gasteiger partial charge on any atom is 0.338 e. The summed E-state index contributed by atoms with van der Waals surface area (Å²) in [5, 5.41) is 20.5. The van der Waals surface area contributed by atoms with E-state index in [4.69, 9.17) is 15.9 Å². The Kier molecular flexibility index (Phi) is 4.96. The lowest BCUT2D eigenvalue weighted by Crippen LogP contribution is -2.50. The van der Waals surface area contributed by atoms with Crippen molar-refractivity contribution in [2.45, 2.75) is 24.0 Å². The molecule has 1 aromatic carbocycles. The number of nitrogens with one attached hydrogen (secondary N) is 1. The molecule has 0 radical (unpaired) electrons. The molecule has 2 heterocycles. The Morgan fingerprint density at radius 1 is 1.33 bits per heavy atom. The molecule has 1 aromatic heterocycles. The van der Waals surface area contributed by atoms with Gasteiger partial charge in [0.05, 0.1) is 12.2 Å². The van der Waals surface area contributed by atoms with E-state index in [-0.39, 0.29) is 5.56 Å². The van der Waals surface area contributed by atoms with Crippen LogP contribution < -0.4 is 11.2 Å². The fraction of sp³-hybridized carbons (Fsp3) is 0.278. The van der Waals surface area contributed by atoms with Gasteiger partial charge in [-0.2, -0.15) is 0 Å². The Bertz CT molecular complexity index is 991. The first-order valence-electron chi connectivity index (χ1n) is 7.94. The number of terminal acetylenes is 1. The molecule has 9 heteroatoms. The van der Waals surface area contributed by atoms with Crippen LogP contribution in [-0.2, 0) is 9.47 Å². The van der Waals surface area contributed by atoms with Crippen molar-refractivity contribution in [1.29, 1.82) is 0 Å². The highest BCUT2D eigenvalue weighted by Gasteiger charge is 2.58. The Hall–Kier alpha value is -3.19. The van der Waals surface area contributed by atoms with Crippen molar-refractivity contribution in [3.63, 3.8) is 0 Å². The molecule has 1 fully saturated rings. The summed E-state index contributed by atoms with van der Waals surface area (Å²) < 4.78 is 11.7. The van der Waals surface area contributed by atoms with Crippen molar-refractivity contribution in [3.8, 4) is 12.3 Å². The van der Waals surface area contributed by atoms with Crippen molar-refractivity contribution in [3.05, 3.63) is 69.0 Å². The van der Waals surface area contributed by atoms with Crippen LogP contribution in [0.4, 0.5) is 0 Å². The number of hydrogen-bond acceptors (Lipinski definition) is 7. The van der Waals surface area contributed by atoms with Crippen molar-refractivity contribution in [1.82, 2.24) is 9.55 Å². The van der Waals surface area contributed by atoms with Crippen LogP contribution >= 0.6 is 0 Å². The summed E-state index contributed by atoms with van der Waals surface area (Å²) in [7, 11) is 0. The number of rotatable bonds is 4. The monoisotopic (exact) mass is 372 g/mol. The maximum atomic E-state index is 12.4. The minimum absolute atomic E-state index is 0.207. The Morgan fingerprint density at radius 3 is 2.63 bits per heavy atom. The molecular formula is C18H16N2O7. The number of aliphatic hydroxyl groups excluding tert-OH is 1. The minimum Gasteiger partial charge on any atom is -0.452 e. The van der Waals surface area contributed by atoms with E-state index in [0.717, 1.165) is 16.8 Å². The van der Waals surface area contributed by atoms with Gasteiger partial charge in [-0.25, -0.2) is 9.59 Å². The van der Waals surface area contributed by atoms with E-state index >= 15 is 0 Å². The van der Waals surface area contributed by atoms with Crippen molar-refractivity contribution >= 4 is 5.97 Å². The molecular weight excluding hydrogens is 356 g/mol. The van der Waals surface area contributed by atoms with E-state index in [2.05, 4.69) is 5.92 Å². The number of benzene rings is 1. The molecule has 9 nitrogen and oxygen atoms in total. The van der Waals surface area contributed by atoms with Gasteiger partial charge in [-0.3, -0.25) is 14.3 Å². The van der Waals surface area contributed by atoms with E-state index in [1.165, 1.54) is 12.1 Å². The lowest BCUT2D eigenvalue weighted by Gasteiger charge is -2.28. The normalized spacial score (nSPS) is 27.1. The van der Waals surface area contributed by atoms with Gasteiger partial charge in [0.1, 0.15) is 6.10 Å². The first kappa shape index (κ1) is 18.6. The zero-order chi connectivity index (χ0) is 19.6. The molecule has 0 spiro atoms. The van der Waals surface area contributed by atoms with Crippen LogP contribution in [0.15, 0.2) is 52.2 Å². The highest BCUT2D eigenvalue weighted by molar-refractivity contribution is 5.89. The fourth-order valence-electron chi connectivity index (χ4n) is 2.87. The maximum absolute atomic E-state index is 12.4. The van der Waals surface area contributed by atoms with Gasteiger partial charge in [0, 0.05) is 12.3 Å². The van der Waals surface area contributed by atoms with Gasteiger partial charge in [0.2, 0.25) is 5.60 Å². The van der Waals surface area contributed by atoms with Gasteiger partial charge in [-0.05, 0) is 12.1 Å². The summed E-state index contributed by atoms with van der Waals surface area (Å²) >= 11 is 0. The van der Waals surface area contributed by atoms with Gasteiger partial charge in [0.15, 0.2) is 12.3 Å². The molecule has 4 atom stereocenters. The van der Waals surface area contributed by atoms with Crippen molar-refractivity contribution < 1.29 is 24.5 Å². The third-order valence-corrected chi connectivity index (χ3v) is 4.21. The average molecular weight is 372 g/mol. The highest BCUT2D eigenvalue weighted by atomic mass is 16.6. The van der Waals surface area contributed by atoms with E-state index < -0.39 is 47.9 Å². The Labute approximate surface area is 152 Å². The first-order valence-corrected chi connectivity index (χ1v) is 7.94. The molecule has 0 amide bonds. The number of H-pyrrole nitrogens is 1. The molecule has 140 valence electrons. The standard InChI is InChI=1S/C18H16N2O7/c1-2-18(25)14(27-15(23)11-6-4-3-5-7-11)12(10-21)26-16(18)20-9-8-13(22)19-17(20)24/h1,3-9,12,14,16,21,25H,10H2,(H,19,22,24)/t12-,14-,16-,18-/m1/s1. The molecule has 3 N–H and O–H groups in total. The van der Waals surface area contributed by atoms with Gasteiger partial charge < -0.3 is 19.7 Å². The topological polar surface area (TPSA) is 131 Å². The number of nitrogens with zero attached hydrogens (tertiary/aromatic N) is 1. The Balaban J connectivity index is 1.98. The summed E-state index contributed by atoms with van der Waals surface area (Å²) in [6.45, 7) is -0.634. The van der Waals surface area contributed by atoms with Crippen molar-refractivity contribution in [2.75, 3.05) is 6.61 Å². The van der Waals surface area contributed by atoms with Crippen LogP contribution in [0, 0.1) is 12.3 Å². The zero-order valence-electron chi connectivity index (χ0n) is 13.9. The second-order valence-corrected chi connectivity index (χ2v) is 5.89. The fourth-order valence-corrected chi connectivity index (χ4v) is 2.87. The predicted molar refractivity (Wildman–Crippen MR) is 91.7 cm³/mol. The number of carbonyl (C=O) groups excluding carboxylic acids is 1. The Morgan fingerprint density at radius 2 is 2.04 bits per heavy atom. The number of hydrogen-bond donors (Lipinski definition) is 3. The summed E-state index contributed by atoms with van der Waals surface area (Å²) in [6, 6.07) is 9.01. The van der Waals surface area contributed by atoms with Crippen LogP contribution in [0.2, 0.25) is 0 Å². The number of carbonyl (C=O) groups is 1. The molecule has 1 aliphatic heterocycles. The van der Waals surface area contributed by atoms with Gasteiger partial charge >= 0.3 is 11.7 Å². The molecule has 3 rings (SSSR count). The van der Waals surface area contributed by atoms with E-state index in [1.54, 1.807) is 18.2 Å². The third-order valence-electron chi connectivity index (χ3n) is 4.21. The third kappa shape index (κ3) is 3.29. The largest absolute Gasteiger partial charge is 0.452 e.